The van der Waals surface area contributed by atoms with Crippen LogP contribution in [-0.2, 0) is 33.3 Å². The SMILES string of the molecule is CO[C@H]1c2c(cc(-c3cccnc3)oc2=O)O[C@]2(C)[C@@H](OC(C)=O)C[C@H]3[C@](C)(COC(C)=O)[C@@H](OC(C)=O)CC[C@]3(C)[C@@H]12. The fourth-order valence-electron chi connectivity index (χ4n) is 8.25. The Kier molecular flexibility index (Phi) is 7.91. The molecule has 2 aromatic rings. The fraction of sp³-hybridized carbons (Fsp3) is 0.594. The molecule has 0 aromatic carbocycles. The van der Waals surface area contributed by atoms with E-state index in [9.17, 15) is 19.2 Å². The van der Waals surface area contributed by atoms with Crippen LogP contribution in [0.4, 0.5) is 0 Å². The molecule has 11 heteroatoms. The number of pyridine rings is 1. The first-order valence-corrected chi connectivity index (χ1v) is 14.5. The van der Waals surface area contributed by atoms with Crippen molar-refractivity contribution in [2.45, 2.75) is 84.7 Å². The zero-order chi connectivity index (χ0) is 31.3. The van der Waals surface area contributed by atoms with Crippen molar-refractivity contribution in [3.63, 3.8) is 0 Å². The summed E-state index contributed by atoms with van der Waals surface area (Å²) in [6.07, 6.45) is 2.48. The van der Waals surface area contributed by atoms with Crippen LogP contribution in [0.1, 0.15) is 72.5 Å². The number of hydrogen-bond acceptors (Lipinski definition) is 11. The molecule has 0 bridgehead atoms. The minimum atomic E-state index is -1.12. The Morgan fingerprint density at radius 3 is 2.35 bits per heavy atom. The molecule has 3 heterocycles. The first-order valence-electron chi connectivity index (χ1n) is 14.5. The highest BCUT2D eigenvalue weighted by molar-refractivity contribution is 5.67. The lowest BCUT2D eigenvalue weighted by molar-refractivity contribution is -0.273. The second-order valence-electron chi connectivity index (χ2n) is 12.7. The van der Waals surface area contributed by atoms with Gasteiger partial charge >= 0.3 is 23.5 Å². The van der Waals surface area contributed by atoms with Gasteiger partial charge in [0.2, 0.25) is 0 Å². The number of ether oxygens (including phenoxy) is 5. The molecule has 5 rings (SSSR count). The van der Waals surface area contributed by atoms with Crippen molar-refractivity contribution in [1.29, 1.82) is 0 Å². The molecule has 0 saturated heterocycles. The van der Waals surface area contributed by atoms with Gasteiger partial charge in [0.15, 0.2) is 0 Å². The maximum atomic E-state index is 13.7. The van der Waals surface area contributed by atoms with Crippen LogP contribution in [0.5, 0.6) is 5.75 Å². The molecule has 232 valence electrons. The number of hydrogen-bond donors (Lipinski definition) is 0. The summed E-state index contributed by atoms with van der Waals surface area (Å²) in [6.45, 7) is 9.94. The highest BCUT2D eigenvalue weighted by Gasteiger charge is 2.71. The van der Waals surface area contributed by atoms with Crippen LogP contribution in [0.15, 0.2) is 39.8 Å². The van der Waals surface area contributed by atoms with Gasteiger partial charge in [-0.05, 0) is 49.7 Å². The van der Waals surface area contributed by atoms with Gasteiger partial charge in [-0.2, -0.15) is 0 Å². The lowest BCUT2D eigenvalue weighted by atomic mass is 9.42. The van der Waals surface area contributed by atoms with E-state index in [1.54, 1.807) is 30.6 Å². The van der Waals surface area contributed by atoms with Crippen LogP contribution in [-0.4, -0.2) is 54.4 Å². The van der Waals surface area contributed by atoms with Gasteiger partial charge in [0.05, 0.1) is 0 Å². The van der Waals surface area contributed by atoms with Crippen LogP contribution in [0.2, 0.25) is 0 Å². The van der Waals surface area contributed by atoms with Gasteiger partial charge in [-0.1, -0.05) is 13.8 Å². The molecule has 11 nitrogen and oxygen atoms in total. The normalized spacial score (nSPS) is 34.4. The molecule has 2 saturated carbocycles. The van der Waals surface area contributed by atoms with Crippen molar-refractivity contribution >= 4 is 17.9 Å². The van der Waals surface area contributed by atoms with E-state index in [1.807, 2.05) is 13.8 Å². The smallest absolute Gasteiger partial charge is 0.345 e. The Bertz CT molecular complexity index is 1470. The number of rotatable bonds is 6. The zero-order valence-electron chi connectivity index (χ0n) is 25.6. The van der Waals surface area contributed by atoms with E-state index in [0.717, 1.165) is 0 Å². The third-order valence-electron chi connectivity index (χ3n) is 9.96. The van der Waals surface area contributed by atoms with E-state index >= 15 is 0 Å². The summed E-state index contributed by atoms with van der Waals surface area (Å²) in [6, 6.07) is 5.17. The average molecular weight is 598 g/mol. The summed E-state index contributed by atoms with van der Waals surface area (Å²) in [5, 5.41) is 0. The molecule has 0 radical (unpaired) electrons. The van der Waals surface area contributed by atoms with Crippen LogP contribution in [0, 0.1) is 22.7 Å². The van der Waals surface area contributed by atoms with Gasteiger partial charge in [0.1, 0.15) is 47.6 Å². The third-order valence-corrected chi connectivity index (χ3v) is 9.96. The largest absolute Gasteiger partial charge is 0.482 e. The summed E-state index contributed by atoms with van der Waals surface area (Å²) < 4.78 is 36.1. The lowest BCUT2D eigenvalue weighted by Crippen LogP contribution is -2.71. The number of methoxy groups -OCH3 is 1. The van der Waals surface area contributed by atoms with Crippen LogP contribution in [0.25, 0.3) is 11.3 Å². The molecule has 8 atom stereocenters. The molecule has 0 unspecified atom stereocenters. The van der Waals surface area contributed by atoms with E-state index in [1.165, 1.54) is 27.9 Å². The van der Waals surface area contributed by atoms with Crippen molar-refractivity contribution < 1.29 is 42.5 Å². The van der Waals surface area contributed by atoms with Crippen LogP contribution in [0.3, 0.4) is 0 Å². The predicted octanol–water partition coefficient (Wildman–Crippen LogP) is 4.41. The minimum absolute atomic E-state index is 0.0114. The topological polar surface area (TPSA) is 140 Å². The fourth-order valence-corrected chi connectivity index (χ4v) is 8.25. The first kappa shape index (κ1) is 30.7. The number of carbonyl (C=O) groups excluding carboxylic acids is 3. The predicted molar refractivity (Wildman–Crippen MR) is 152 cm³/mol. The maximum absolute atomic E-state index is 13.7. The van der Waals surface area contributed by atoms with Gasteiger partial charge in [0, 0.05) is 63.2 Å². The van der Waals surface area contributed by atoms with Gasteiger partial charge in [-0.3, -0.25) is 19.4 Å². The average Bonchev–Trinajstić information content (AvgIpc) is 2.94. The van der Waals surface area contributed by atoms with Gasteiger partial charge < -0.3 is 28.1 Å². The number of esters is 3. The van der Waals surface area contributed by atoms with E-state index in [-0.39, 0.29) is 29.6 Å². The maximum Gasteiger partial charge on any atom is 0.345 e. The molecule has 3 aliphatic rings. The Balaban J connectivity index is 1.69. The van der Waals surface area contributed by atoms with Crippen molar-refractivity contribution in [1.82, 2.24) is 4.98 Å². The summed E-state index contributed by atoms with van der Waals surface area (Å²) in [7, 11) is 1.53. The van der Waals surface area contributed by atoms with Crippen molar-refractivity contribution in [3.8, 4) is 17.1 Å². The lowest BCUT2D eigenvalue weighted by Gasteiger charge is -2.66. The molecule has 0 amide bonds. The Morgan fingerprint density at radius 2 is 1.74 bits per heavy atom. The minimum Gasteiger partial charge on any atom is -0.482 e. The van der Waals surface area contributed by atoms with E-state index < -0.39 is 64.2 Å². The highest BCUT2D eigenvalue weighted by Crippen LogP contribution is 2.68. The first-order chi connectivity index (χ1) is 20.2. The van der Waals surface area contributed by atoms with Crippen molar-refractivity contribution in [2.24, 2.45) is 22.7 Å². The summed E-state index contributed by atoms with van der Waals surface area (Å²) >= 11 is 0. The van der Waals surface area contributed by atoms with Gasteiger partial charge in [-0.25, -0.2) is 4.79 Å². The summed E-state index contributed by atoms with van der Waals surface area (Å²) in [5.74, 6) is -1.63. The Morgan fingerprint density at radius 1 is 1.05 bits per heavy atom. The summed E-state index contributed by atoms with van der Waals surface area (Å²) in [5.41, 5.74) is -2.34. The van der Waals surface area contributed by atoms with E-state index in [2.05, 4.69) is 11.9 Å². The van der Waals surface area contributed by atoms with E-state index in [4.69, 9.17) is 28.1 Å². The number of fused-ring (bicyclic) bond motifs is 4. The number of nitrogens with zero attached hydrogens (tertiary/aromatic N) is 1. The molecule has 43 heavy (non-hydrogen) atoms. The highest BCUT2D eigenvalue weighted by atomic mass is 16.6. The second kappa shape index (κ2) is 11.1. The van der Waals surface area contributed by atoms with Crippen molar-refractivity contribution in [3.05, 3.63) is 46.6 Å². The number of carbonyl (C=O) groups is 3. The Labute approximate surface area is 250 Å². The molecule has 2 fully saturated rings. The molecule has 0 spiro atoms. The zero-order valence-corrected chi connectivity index (χ0v) is 25.6. The molecule has 0 N–H and O–H groups in total. The Hall–Kier alpha value is -3.73. The quantitative estimate of drug-likeness (QED) is 0.345. The van der Waals surface area contributed by atoms with Gasteiger partial charge in [0.25, 0.3) is 0 Å². The second-order valence-corrected chi connectivity index (χ2v) is 12.7. The standard InChI is InChI=1S/C32H39NO10/c1-17(34)39-16-31(5)23-14-25(41-19(3)36)32(6)28(30(23,4)11-10-24(31)40-18(2)35)27(38-7)26-22(43-32)13-21(42-29(26)37)20-9-8-12-33-15-20/h8-9,12-13,15,23-25,27-28H,10-11,14,16H2,1-7H3/t23-,24+,25+,27+,28-,30+,31+,32-/m1/s1. The molecular weight excluding hydrogens is 558 g/mol. The molecule has 2 aromatic heterocycles. The van der Waals surface area contributed by atoms with Gasteiger partial charge in [-0.15, -0.1) is 0 Å². The van der Waals surface area contributed by atoms with Crippen LogP contribution < -0.4 is 10.4 Å². The van der Waals surface area contributed by atoms with Crippen LogP contribution >= 0.6 is 0 Å². The molecule has 1 aliphatic heterocycles. The monoisotopic (exact) mass is 597 g/mol. The number of aromatic nitrogens is 1. The van der Waals surface area contributed by atoms with E-state index in [0.29, 0.717) is 24.8 Å². The molecule has 2 aliphatic carbocycles. The molecular formula is C32H39NO10. The third kappa shape index (κ3) is 5.11. The summed E-state index contributed by atoms with van der Waals surface area (Å²) in [4.78, 5) is 54.5. The van der Waals surface area contributed by atoms with Crippen molar-refractivity contribution in [2.75, 3.05) is 13.7 Å².